The van der Waals surface area contributed by atoms with Gasteiger partial charge in [-0.15, -0.1) is 0 Å². The fraction of sp³-hybridized carbons (Fsp3) is 0.0667. The first-order valence-corrected chi connectivity index (χ1v) is 6.00. The number of rotatable bonds is 3. The Bertz CT molecular complexity index is 574. The topological polar surface area (TPSA) is 62.8 Å². The quantitative estimate of drug-likeness (QED) is 0.501. The molecule has 0 heterocycles. The van der Waals surface area contributed by atoms with Crippen molar-refractivity contribution in [3.8, 4) is 0 Å². The molecule has 0 bridgehead atoms. The summed E-state index contributed by atoms with van der Waals surface area (Å²) < 4.78 is 0. The van der Waals surface area contributed by atoms with Crippen LogP contribution in [0.5, 0.6) is 0 Å². The second-order valence-electron chi connectivity index (χ2n) is 4.01. The van der Waals surface area contributed by atoms with E-state index in [2.05, 4.69) is 15.5 Å². The zero-order chi connectivity index (χ0) is 13.5. The molecule has 0 atom stereocenters. The molecule has 3 N–H and O–H groups in total. The highest BCUT2D eigenvalue weighted by molar-refractivity contribution is 5.99. The maximum atomic E-state index is 5.76. The molecule has 2 rings (SSSR count). The highest BCUT2D eigenvalue weighted by Gasteiger charge is 1.96. The van der Waals surface area contributed by atoms with Crippen LogP contribution in [0.3, 0.4) is 0 Å². The van der Waals surface area contributed by atoms with Gasteiger partial charge >= 0.3 is 0 Å². The lowest BCUT2D eigenvalue weighted by atomic mass is 10.1. The first-order valence-electron chi connectivity index (χ1n) is 6.00. The molecule has 0 amide bonds. The number of benzene rings is 2. The minimum Gasteiger partial charge on any atom is -0.368 e. The van der Waals surface area contributed by atoms with Crippen molar-refractivity contribution in [3.63, 3.8) is 0 Å². The van der Waals surface area contributed by atoms with Gasteiger partial charge in [-0.3, -0.25) is 0 Å². The third-order valence-electron chi connectivity index (χ3n) is 2.54. The van der Waals surface area contributed by atoms with Gasteiger partial charge in [0.2, 0.25) is 5.96 Å². The van der Waals surface area contributed by atoms with Crippen molar-refractivity contribution < 1.29 is 0 Å². The molecule has 0 fully saturated rings. The molecule has 4 nitrogen and oxygen atoms in total. The Kier molecular flexibility index (Phi) is 4.29. The number of nitrogens with zero attached hydrogens (tertiary/aromatic N) is 2. The van der Waals surface area contributed by atoms with Crippen molar-refractivity contribution in [2.24, 2.45) is 15.8 Å². The molecule has 96 valence electrons. The number of para-hydroxylation sites is 1. The molecule has 4 heteroatoms. The number of hydrogen-bond acceptors (Lipinski definition) is 2. The van der Waals surface area contributed by atoms with E-state index in [4.69, 9.17) is 5.73 Å². The minimum absolute atomic E-state index is 0.265. The van der Waals surface area contributed by atoms with E-state index in [9.17, 15) is 0 Å². The van der Waals surface area contributed by atoms with Crippen molar-refractivity contribution >= 4 is 17.4 Å². The zero-order valence-electron chi connectivity index (χ0n) is 10.7. The van der Waals surface area contributed by atoms with Crippen LogP contribution in [-0.4, -0.2) is 11.7 Å². The molecule has 0 radical (unpaired) electrons. The van der Waals surface area contributed by atoms with E-state index in [0.29, 0.717) is 0 Å². The Balaban J connectivity index is 2.04. The van der Waals surface area contributed by atoms with Gasteiger partial charge in [0.15, 0.2) is 0 Å². The van der Waals surface area contributed by atoms with Crippen LogP contribution in [0.15, 0.2) is 70.8 Å². The Morgan fingerprint density at radius 1 is 0.947 bits per heavy atom. The molecule has 0 spiro atoms. The molecule has 2 aromatic carbocycles. The van der Waals surface area contributed by atoms with Crippen LogP contribution in [0.2, 0.25) is 0 Å². The smallest absolute Gasteiger partial charge is 0.214 e. The van der Waals surface area contributed by atoms with Crippen LogP contribution in [-0.2, 0) is 0 Å². The van der Waals surface area contributed by atoms with E-state index in [1.54, 1.807) is 0 Å². The second-order valence-corrected chi connectivity index (χ2v) is 4.01. The predicted molar refractivity (Wildman–Crippen MR) is 79.5 cm³/mol. The molecule has 0 saturated carbocycles. The van der Waals surface area contributed by atoms with Crippen LogP contribution in [0, 0.1) is 0 Å². The number of nitrogens with one attached hydrogen (secondary N) is 1. The van der Waals surface area contributed by atoms with Crippen LogP contribution < -0.4 is 11.2 Å². The first kappa shape index (κ1) is 12.8. The van der Waals surface area contributed by atoms with Crippen LogP contribution in [0.25, 0.3) is 0 Å². The minimum atomic E-state index is 0.265. The maximum absolute atomic E-state index is 5.76. The van der Waals surface area contributed by atoms with Gasteiger partial charge in [-0.2, -0.15) is 5.10 Å². The largest absolute Gasteiger partial charge is 0.368 e. The highest BCUT2D eigenvalue weighted by Crippen LogP contribution is 2.08. The van der Waals surface area contributed by atoms with Crippen LogP contribution >= 0.6 is 0 Å². The number of hydrazone groups is 1. The molecule has 0 saturated heterocycles. The summed E-state index contributed by atoms with van der Waals surface area (Å²) in [5.74, 6) is 0.265. The first-order chi connectivity index (χ1) is 9.25. The maximum Gasteiger partial charge on any atom is 0.214 e. The number of nitrogens with two attached hydrogens (primary N) is 1. The van der Waals surface area contributed by atoms with Gasteiger partial charge in [0.25, 0.3) is 0 Å². The van der Waals surface area contributed by atoms with E-state index in [-0.39, 0.29) is 5.96 Å². The van der Waals surface area contributed by atoms with Crippen molar-refractivity contribution in [2.45, 2.75) is 6.92 Å². The third-order valence-corrected chi connectivity index (χ3v) is 2.54. The molecular weight excluding hydrogens is 236 g/mol. The van der Waals surface area contributed by atoms with Crippen molar-refractivity contribution in [3.05, 3.63) is 66.2 Å². The third kappa shape index (κ3) is 3.96. The molecule has 2 aromatic rings. The summed E-state index contributed by atoms with van der Waals surface area (Å²) in [7, 11) is 0. The summed E-state index contributed by atoms with van der Waals surface area (Å²) in [6.45, 7) is 1.91. The lowest BCUT2D eigenvalue weighted by Crippen LogP contribution is -2.27. The fourth-order valence-electron chi connectivity index (χ4n) is 1.55. The fourth-order valence-corrected chi connectivity index (χ4v) is 1.55. The second kappa shape index (κ2) is 6.35. The summed E-state index contributed by atoms with van der Waals surface area (Å²) in [6, 6.07) is 19.4. The van der Waals surface area contributed by atoms with Crippen molar-refractivity contribution in [1.29, 1.82) is 0 Å². The predicted octanol–water partition coefficient (Wildman–Crippen LogP) is 2.65. The molecule has 0 aromatic heterocycles. The molecule has 0 aliphatic rings. The molecule has 0 unspecified atom stereocenters. The number of aliphatic imine (C=N–C) groups is 1. The number of guanidine groups is 1. The lowest BCUT2D eigenvalue weighted by Gasteiger charge is -2.03. The lowest BCUT2D eigenvalue weighted by molar-refractivity contribution is 1.00. The summed E-state index contributed by atoms with van der Waals surface area (Å²) in [6.07, 6.45) is 0. The van der Waals surface area contributed by atoms with E-state index >= 15 is 0 Å². The Morgan fingerprint density at radius 3 is 2.16 bits per heavy atom. The Labute approximate surface area is 112 Å². The van der Waals surface area contributed by atoms with E-state index in [1.165, 1.54) is 0 Å². The monoisotopic (exact) mass is 252 g/mol. The van der Waals surface area contributed by atoms with E-state index in [0.717, 1.165) is 17.0 Å². The highest BCUT2D eigenvalue weighted by atomic mass is 15.4. The van der Waals surface area contributed by atoms with Gasteiger partial charge in [-0.05, 0) is 24.6 Å². The van der Waals surface area contributed by atoms with E-state index in [1.807, 2.05) is 67.6 Å². The average Bonchev–Trinajstić information content (AvgIpc) is 2.47. The Morgan fingerprint density at radius 2 is 1.53 bits per heavy atom. The van der Waals surface area contributed by atoms with Gasteiger partial charge in [0.1, 0.15) is 0 Å². The summed E-state index contributed by atoms with van der Waals surface area (Å²) >= 11 is 0. The summed E-state index contributed by atoms with van der Waals surface area (Å²) in [5.41, 5.74) is 11.2. The zero-order valence-corrected chi connectivity index (χ0v) is 10.7. The standard InChI is InChI=1S/C15H16N4/c1-12(13-8-4-2-5-9-13)18-19-15(16)17-14-10-6-3-7-11-14/h2-11H,1H3,(H3,16,17,19)/b18-12+. The van der Waals surface area contributed by atoms with Gasteiger partial charge < -0.3 is 5.73 Å². The van der Waals surface area contributed by atoms with Gasteiger partial charge in [-0.25, -0.2) is 10.4 Å². The summed E-state index contributed by atoms with van der Waals surface area (Å²) in [4.78, 5) is 4.20. The Hall–Kier alpha value is -2.62. The molecule has 0 aliphatic heterocycles. The molecule has 19 heavy (non-hydrogen) atoms. The van der Waals surface area contributed by atoms with Gasteiger partial charge in [0.05, 0.1) is 11.4 Å². The van der Waals surface area contributed by atoms with E-state index < -0.39 is 0 Å². The van der Waals surface area contributed by atoms with Crippen molar-refractivity contribution in [2.75, 3.05) is 0 Å². The average molecular weight is 252 g/mol. The SMILES string of the molecule is C/C(=N\NC(N)=Nc1ccccc1)c1ccccc1. The normalized spacial score (nSPS) is 12.3. The van der Waals surface area contributed by atoms with Gasteiger partial charge in [0, 0.05) is 0 Å². The van der Waals surface area contributed by atoms with Crippen molar-refractivity contribution in [1.82, 2.24) is 5.43 Å². The molecule has 0 aliphatic carbocycles. The van der Waals surface area contributed by atoms with Crippen LogP contribution in [0.1, 0.15) is 12.5 Å². The number of hydrogen-bond donors (Lipinski definition) is 2. The van der Waals surface area contributed by atoms with Crippen LogP contribution in [0.4, 0.5) is 5.69 Å². The molecular formula is C15H16N4. The summed E-state index contributed by atoms with van der Waals surface area (Å²) in [5, 5.41) is 4.20. The van der Waals surface area contributed by atoms with Gasteiger partial charge in [-0.1, -0.05) is 48.5 Å².